The maximum Gasteiger partial charge on any atom is 0.244 e. The number of hydrogen-bond donors (Lipinski definition) is 0. The van der Waals surface area contributed by atoms with Crippen LogP contribution in [0.4, 0.5) is 0 Å². The Bertz CT molecular complexity index is 750. The maximum absolute atomic E-state index is 12.9. The fourth-order valence-electron chi connectivity index (χ4n) is 4.07. The number of piperazine rings is 1. The topological polar surface area (TPSA) is 73.8 Å². The SMILES string of the molecule is O=C(C1CCN(S(=O)(=O)c2cccnc2)CC1)N1CCN(CC2CC2)CC1. The van der Waals surface area contributed by atoms with Crippen molar-refractivity contribution in [3.05, 3.63) is 24.5 Å². The number of sulfonamides is 1. The molecular weight excluding hydrogens is 364 g/mol. The van der Waals surface area contributed by atoms with E-state index in [0.717, 1.165) is 32.1 Å². The summed E-state index contributed by atoms with van der Waals surface area (Å²) in [5.74, 6) is 1.04. The molecule has 27 heavy (non-hydrogen) atoms. The van der Waals surface area contributed by atoms with Gasteiger partial charge in [-0.3, -0.25) is 14.7 Å². The first-order valence-electron chi connectivity index (χ1n) is 9.95. The molecule has 0 bridgehead atoms. The van der Waals surface area contributed by atoms with Crippen molar-refractivity contribution in [2.75, 3.05) is 45.8 Å². The minimum absolute atomic E-state index is 0.0552. The van der Waals surface area contributed by atoms with Crippen molar-refractivity contribution in [2.45, 2.75) is 30.6 Å². The number of pyridine rings is 1. The van der Waals surface area contributed by atoms with Gasteiger partial charge >= 0.3 is 0 Å². The molecule has 1 saturated carbocycles. The fourth-order valence-corrected chi connectivity index (χ4v) is 5.50. The van der Waals surface area contributed by atoms with Gasteiger partial charge in [0.2, 0.25) is 15.9 Å². The van der Waals surface area contributed by atoms with Gasteiger partial charge in [0.05, 0.1) is 0 Å². The Hall–Kier alpha value is -1.51. The van der Waals surface area contributed by atoms with E-state index in [9.17, 15) is 13.2 Å². The molecule has 0 spiro atoms. The summed E-state index contributed by atoms with van der Waals surface area (Å²) in [6.45, 7) is 5.53. The molecule has 7 nitrogen and oxygen atoms in total. The molecular formula is C19H28N4O3S. The summed E-state index contributed by atoms with van der Waals surface area (Å²) < 4.78 is 26.8. The summed E-state index contributed by atoms with van der Waals surface area (Å²) in [6.07, 6.45) is 6.86. The Morgan fingerprint density at radius 1 is 1.04 bits per heavy atom. The Balaban J connectivity index is 1.28. The van der Waals surface area contributed by atoms with Crippen LogP contribution in [0.5, 0.6) is 0 Å². The quantitative estimate of drug-likeness (QED) is 0.749. The van der Waals surface area contributed by atoms with Crippen LogP contribution in [0.1, 0.15) is 25.7 Å². The van der Waals surface area contributed by atoms with Crippen LogP contribution in [0.15, 0.2) is 29.4 Å². The Labute approximate surface area is 161 Å². The molecule has 0 unspecified atom stereocenters. The molecule has 2 aliphatic heterocycles. The first-order valence-corrected chi connectivity index (χ1v) is 11.4. The van der Waals surface area contributed by atoms with Crippen molar-refractivity contribution in [1.82, 2.24) is 19.1 Å². The zero-order chi connectivity index (χ0) is 18.9. The molecule has 0 N–H and O–H groups in total. The van der Waals surface area contributed by atoms with Crippen molar-refractivity contribution in [2.24, 2.45) is 11.8 Å². The lowest BCUT2D eigenvalue weighted by Gasteiger charge is -2.38. The van der Waals surface area contributed by atoms with Gasteiger partial charge in [-0.15, -0.1) is 0 Å². The zero-order valence-electron chi connectivity index (χ0n) is 15.7. The highest BCUT2D eigenvalue weighted by Crippen LogP contribution is 2.30. The third kappa shape index (κ3) is 4.33. The standard InChI is InChI=1S/C19H28N4O3S/c24-19(22-12-10-21(11-13-22)15-16-3-4-16)17-5-8-23(9-6-17)27(25,26)18-2-1-7-20-14-18/h1-2,7,14,16-17H,3-6,8-13,15H2. The minimum Gasteiger partial charge on any atom is -0.340 e. The van der Waals surface area contributed by atoms with E-state index >= 15 is 0 Å². The average molecular weight is 393 g/mol. The normalized spacial score (nSPS) is 23.5. The molecule has 1 aliphatic carbocycles. The fraction of sp³-hybridized carbons (Fsp3) is 0.684. The van der Waals surface area contributed by atoms with Gasteiger partial charge in [0.1, 0.15) is 4.90 Å². The van der Waals surface area contributed by atoms with E-state index in [-0.39, 0.29) is 16.7 Å². The monoisotopic (exact) mass is 392 g/mol. The van der Waals surface area contributed by atoms with Crippen molar-refractivity contribution in [1.29, 1.82) is 0 Å². The van der Waals surface area contributed by atoms with Crippen LogP contribution in [0, 0.1) is 11.8 Å². The molecule has 3 heterocycles. The van der Waals surface area contributed by atoms with Gasteiger partial charge in [-0.1, -0.05) is 0 Å². The van der Waals surface area contributed by atoms with Gasteiger partial charge in [0.25, 0.3) is 0 Å². The van der Waals surface area contributed by atoms with E-state index in [1.54, 1.807) is 18.3 Å². The summed E-state index contributed by atoms with van der Waals surface area (Å²) in [6, 6.07) is 3.20. The average Bonchev–Trinajstić information content (AvgIpc) is 3.53. The van der Waals surface area contributed by atoms with Gasteiger partial charge < -0.3 is 4.90 Å². The van der Waals surface area contributed by atoms with E-state index in [4.69, 9.17) is 0 Å². The lowest BCUT2D eigenvalue weighted by atomic mass is 9.96. The van der Waals surface area contributed by atoms with Crippen LogP contribution in [0.25, 0.3) is 0 Å². The predicted molar refractivity (Wildman–Crippen MR) is 101 cm³/mol. The second kappa shape index (κ2) is 7.85. The van der Waals surface area contributed by atoms with Gasteiger partial charge in [0.15, 0.2) is 0 Å². The summed E-state index contributed by atoms with van der Waals surface area (Å²) >= 11 is 0. The number of amides is 1. The van der Waals surface area contributed by atoms with Crippen molar-refractivity contribution >= 4 is 15.9 Å². The van der Waals surface area contributed by atoms with Crippen LogP contribution in [0.2, 0.25) is 0 Å². The smallest absolute Gasteiger partial charge is 0.244 e. The number of piperidine rings is 1. The van der Waals surface area contributed by atoms with E-state index in [0.29, 0.717) is 25.9 Å². The number of hydrogen-bond acceptors (Lipinski definition) is 5. The Morgan fingerprint density at radius 2 is 1.74 bits per heavy atom. The molecule has 1 aromatic rings. The van der Waals surface area contributed by atoms with Gasteiger partial charge in [0, 0.05) is 64.1 Å². The summed E-state index contributed by atoms with van der Waals surface area (Å²) in [5.41, 5.74) is 0. The molecule has 0 aromatic carbocycles. The molecule has 3 fully saturated rings. The highest BCUT2D eigenvalue weighted by Gasteiger charge is 2.35. The second-order valence-corrected chi connectivity index (χ2v) is 9.87. The molecule has 0 radical (unpaired) electrons. The number of rotatable bonds is 5. The predicted octanol–water partition coefficient (Wildman–Crippen LogP) is 1.04. The highest BCUT2D eigenvalue weighted by molar-refractivity contribution is 7.89. The molecule has 0 atom stereocenters. The van der Waals surface area contributed by atoms with Crippen molar-refractivity contribution in [3.63, 3.8) is 0 Å². The van der Waals surface area contributed by atoms with E-state index in [1.165, 1.54) is 29.9 Å². The van der Waals surface area contributed by atoms with Crippen LogP contribution in [0.3, 0.4) is 0 Å². The van der Waals surface area contributed by atoms with E-state index < -0.39 is 10.0 Å². The molecule has 1 aromatic heterocycles. The van der Waals surface area contributed by atoms with Crippen molar-refractivity contribution < 1.29 is 13.2 Å². The summed E-state index contributed by atoms with van der Waals surface area (Å²) in [7, 11) is -3.51. The Morgan fingerprint density at radius 3 is 2.33 bits per heavy atom. The number of carbonyl (C=O) groups excluding carboxylic acids is 1. The second-order valence-electron chi connectivity index (χ2n) is 7.94. The molecule has 1 amide bonds. The number of nitrogens with zero attached hydrogens (tertiary/aromatic N) is 4. The third-order valence-corrected chi connectivity index (χ3v) is 7.85. The maximum atomic E-state index is 12.9. The van der Waals surface area contributed by atoms with Gasteiger partial charge in [-0.05, 0) is 43.7 Å². The van der Waals surface area contributed by atoms with E-state index in [1.807, 2.05) is 4.90 Å². The highest BCUT2D eigenvalue weighted by atomic mass is 32.2. The Kier molecular flexibility index (Phi) is 5.48. The van der Waals surface area contributed by atoms with Gasteiger partial charge in [-0.25, -0.2) is 8.42 Å². The first-order chi connectivity index (χ1) is 13.0. The zero-order valence-corrected chi connectivity index (χ0v) is 16.5. The molecule has 4 rings (SSSR count). The third-order valence-electron chi connectivity index (χ3n) is 5.97. The minimum atomic E-state index is -3.51. The molecule has 8 heteroatoms. The summed E-state index contributed by atoms with van der Waals surface area (Å²) in [5, 5.41) is 0. The first kappa shape index (κ1) is 18.8. The lowest BCUT2D eigenvalue weighted by molar-refractivity contribution is -0.138. The number of aromatic nitrogens is 1. The van der Waals surface area contributed by atoms with Crippen LogP contribution in [-0.4, -0.2) is 79.2 Å². The van der Waals surface area contributed by atoms with Gasteiger partial charge in [-0.2, -0.15) is 4.31 Å². The van der Waals surface area contributed by atoms with Crippen molar-refractivity contribution in [3.8, 4) is 0 Å². The largest absolute Gasteiger partial charge is 0.340 e. The summed E-state index contributed by atoms with van der Waals surface area (Å²) in [4.78, 5) is 21.4. The molecule has 148 valence electrons. The van der Waals surface area contributed by atoms with Crippen LogP contribution in [-0.2, 0) is 14.8 Å². The lowest BCUT2D eigenvalue weighted by Crippen LogP contribution is -2.52. The van der Waals surface area contributed by atoms with Crippen LogP contribution < -0.4 is 0 Å². The van der Waals surface area contributed by atoms with E-state index in [2.05, 4.69) is 9.88 Å². The van der Waals surface area contributed by atoms with Crippen LogP contribution >= 0.6 is 0 Å². The molecule has 3 aliphatic rings. The number of carbonyl (C=O) groups is 1. The molecule has 2 saturated heterocycles.